The first kappa shape index (κ1) is 28.6. The van der Waals surface area contributed by atoms with Crippen LogP contribution in [0.5, 0.6) is 11.5 Å². The highest BCUT2D eigenvalue weighted by molar-refractivity contribution is 6.39. The Morgan fingerprint density at radius 3 is 2.33 bits per heavy atom. The summed E-state index contributed by atoms with van der Waals surface area (Å²) in [6, 6.07) is 24.7. The van der Waals surface area contributed by atoms with E-state index >= 15 is 0 Å². The zero-order chi connectivity index (χ0) is 29.6. The van der Waals surface area contributed by atoms with E-state index in [4.69, 9.17) is 21.1 Å². The summed E-state index contributed by atoms with van der Waals surface area (Å²) < 4.78 is 25.9. The third-order valence-corrected chi connectivity index (χ3v) is 6.89. The molecule has 0 aromatic heterocycles. The van der Waals surface area contributed by atoms with Gasteiger partial charge in [-0.05, 0) is 72.2 Å². The molecule has 1 N–H and O–H groups in total. The van der Waals surface area contributed by atoms with E-state index in [9.17, 15) is 18.8 Å². The van der Waals surface area contributed by atoms with E-state index in [0.29, 0.717) is 41.4 Å². The maximum atomic E-state index is 14.3. The van der Waals surface area contributed by atoms with E-state index in [1.165, 1.54) is 12.1 Å². The molecule has 0 radical (unpaired) electrons. The fraction of sp³-hybridized carbons (Fsp3) is 0.121. The molecule has 0 atom stereocenters. The highest BCUT2D eigenvalue weighted by Crippen LogP contribution is 2.33. The molecule has 0 unspecified atom stereocenters. The quantitative estimate of drug-likeness (QED) is 0.174. The minimum Gasteiger partial charge on any atom is -0.494 e. The van der Waals surface area contributed by atoms with Gasteiger partial charge in [0.15, 0.2) is 0 Å². The molecule has 42 heavy (non-hydrogen) atoms. The van der Waals surface area contributed by atoms with Crippen LogP contribution in [0.2, 0.25) is 5.02 Å². The van der Waals surface area contributed by atoms with Crippen LogP contribution in [0.4, 0.5) is 14.9 Å². The Kier molecular flexibility index (Phi) is 8.64. The van der Waals surface area contributed by atoms with E-state index in [-0.39, 0.29) is 28.5 Å². The van der Waals surface area contributed by atoms with Gasteiger partial charge in [0.1, 0.15) is 29.5 Å². The molecule has 7 nitrogen and oxygen atoms in total. The second-order valence-corrected chi connectivity index (χ2v) is 9.81. The van der Waals surface area contributed by atoms with E-state index in [1.54, 1.807) is 61.5 Å². The smallest absolute Gasteiger partial charge is 0.335 e. The number of amides is 4. The van der Waals surface area contributed by atoms with Gasteiger partial charge in [0.25, 0.3) is 11.8 Å². The van der Waals surface area contributed by atoms with Crippen LogP contribution in [0, 0.1) is 5.82 Å². The van der Waals surface area contributed by atoms with E-state index in [0.717, 1.165) is 10.5 Å². The Morgan fingerprint density at radius 1 is 0.905 bits per heavy atom. The summed E-state index contributed by atoms with van der Waals surface area (Å²) in [5.41, 5.74) is 2.40. The molecule has 9 heteroatoms. The minimum atomic E-state index is -0.867. The van der Waals surface area contributed by atoms with Crippen molar-refractivity contribution in [1.29, 1.82) is 0 Å². The van der Waals surface area contributed by atoms with Crippen molar-refractivity contribution in [3.63, 3.8) is 0 Å². The first-order chi connectivity index (χ1) is 20.3. The number of halogens is 2. The fourth-order valence-electron chi connectivity index (χ4n) is 4.49. The van der Waals surface area contributed by atoms with E-state index < -0.39 is 17.8 Å². The van der Waals surface area contributed by atoms with Crippen molar-refractivity contribution in [3.8, 4) is 11.5 Å². The summed E-state index contributed by atoms with van der Waals surface area (Å²) in [6.07, 6.45) is 1.53. The van der Waals surface area contributed by atoms with Gasteiger partial charge in [0.2, 0.25) is 0 Å². The first-order valence-electron chi connectivity index (χ1n) is 13.2. The van der Waals surface area contributed by atoms with Crippen molar-refractivity contribution in [2.75, 3.05) is 11.5 Å². The number of urea groups is 1. The van der Waals surface area contributed by atoms with Crippen molar-refractivity contribution < 1.29 is 28.2 Å². The average molecular weight is 585 g/mol. The number of barbiturate groups is 1. The topological polar surface area (TPSA) is 84.9 Å². The molecular weight excluding hydrogens is 559 g/mol. The third-order valence-electron chi connectivity index (χ3n) is 6.56. The van der Waals surface area contributed by atoms with Crippen LogP contribution in [-0.4, -0.2) is 24.5 Å². The summed E-state index contributed by atoms with van der Waals surface area (Å²) in [6.45, 7) is 2.47. The Labute approximate surface area is 247 Å². The standard InChI is InChI=1S/C33H26ClFN2O5/c1-2-41-30-18-22(17-28(34)26(30)19-23-10-6-7-11-29(23)35)16-27-31(38)36-33(40)37(32(27)39)24-12-14-25(15-13-24)42-20-21-8-4-3-5-9-21/h3-18H,2,19-20H2,1H3,(H,36,38,40)/b27-16+. The number of carbonyl (C=O) groups is 3. The molecule has 0 saturated carbocycles. The average Bonchev–Trinajstić information content (AvgIpc) is 2.98. The monoisotopic (exact) mass is 584 g/mol. The summed E-state index contributed by atoms with van der Waals surface area (Å²) in [5.74, 6) is -1.07. The predicted octanol–water partition coefficient (Wildman–Crippen LogP) is 6.71. The molecule has 1 heterocycles. The number of hydrogen-bond donors (Lipinski definition) is 1. The van der Waals surface area contributed by atoms with Crippen LogP contribution < -0.4 is 19.7 Å². The Balaban J connectivity index is 1.40. The largest absolute Gasteiger partial charge is 0.494 e. The maximum absolute atomic E-state index is 14.3. The lowest BCUT2D eigenvalue weighted by molar-refractivity contribution is -0.122. The number of anilines is 1. The fourth-order valence-corrected chi connectivity index (χ4v) is 4.78. The highest BCUT2D eigenvalue weighted by Gasteiger charge is 2.37. The van der Waals surface area contributed by atoms with Crippen molar-refractivity contribution in [2.45, 2.75) is 20.0 Å². The molecule has 1 fully saturated rings. The Morgan fingerprint density at radius 2 is 1.62 bits per heavy atom. The summed E-state index contributed by atoms with van der Waals surface area (Å²) in [5, 5.41) is 2.49. The van der Waals surface area contributed by atoms with E-state index in [1.807, 2.05) is 30.3 Å². The molecule has 0 bridgehead atoms. The molecular formula is C33H26ClFN2O5. The summed E-state index contributed by atoms with van der Waals surface area (Å²) in [4.78, 5) is 39.7. The third kappa shape index (κ3) is 6.34. The van der Waals surface area contributed by atoms with Crippen LogP contribution in [0.3, 0.4) is 0 Å². The normalized spacial score (nSPS) is 14.2. The molecule has 5 rings (SSSR count). The molecule has 4 amide bonds. The van der Waals surface area contributed by atoms with Crippen LogP contribution in [-0.2, 0) is 22.6 Å². The second kappa shape index (κ2) is 12.7. The number of hydrogen-bond acceptors (Lipinski definition) is 5. The van der Waals surface area contributed by atoms with E-state index in [2.05, 4.69) is 5.32 Å². The minimum absolute atomic E-state index is 0.185. The zero-order valence-electron chi connectivity index (χ0n) is 22.6. The molecule has 1 aliphatic rings. The van der Waals surface area contributed by atoms with Gasteiger partial charge in [-0.3, -0.25) is 14.9 Å². The lowest BCUT2D eigenvalue weighted by atomic mass is 10.00. The first-order valence-corrected chi connectivity index (χ1v) is 13.6. The van der Waals surface area contributed by atoms with Gasteiger partial charge in [-0.15, -0.1) is 0 Å². The van der Waals surface area contributed by atoms with Gasteiger partial charge in [-0.2, -0.15) is 0 Å². The van der Waals surface area contributed by atoms with Crippen molar-refractivity contribution in [2.24, 2.45) is 0 Å². The molecule has 4 aromatic carbocycles. The number of nitrogens with zero attached hydrogens (tertiary/aromatic N) is 1. The van der Waals surface area contributed by atoms with Gasteiger partial charge in [-0.25, -0.2) is 14.1 Å². The molecule has 212 valence electrons. The number of rotatable bonds is 9. The molecule has 1 aliphatic heterocycles. The number of ether oxygens (including phenoxy) is 2. The van der Waals surface area contributed by atoms with Gasteiger partial charge in [0, 0.05) is 17.0 Å². The van der Waals surface area contributed by atoms with Crippen LogP contribution in [0.1, 0.15) is 29.2 Å². The molecule has 1 saturated heterocycles. The SMILES string of the molecule is CCOc1cc(/C=C2\C(=O)NC(=O)N(c3ccc(OCc4ccccc4)cc3)C2=O)cc(Cl)c1Cc1ccccc1F. The number of imide groups is 2. The maximum Gasteiger partial charge on any atom is 0.335 e. The van der Waals surface area contributed by atoms with Crippen molar-refractivity contribution >= 4 is 41.2 Å². The van der Waals surface area contributed by atoms with Gasteiger partial charge in [-0.1, -0.05) is 60.1 Å². The summed E-state index contributed by atoms with van der Waals surface area (Å²) in [7, 11) is 0. The summed E-state index contributed by atoms with van der Waals surface area (Å²) >= 11 is 6.60. The lowest BCUT2D eigenvalue weighted by Crippen LogP contribution is -2.54. The highest BCUT2D eigenvalue weighted by atomic mass is 35.5. The number of nitrogens with one attached hydrogen (secondary N) is 1. The van der Waals surface area contributed by atoms with Crippen LogP contribution in [0.15, 0.2) is 96.6 Å². The van der Waals surface area contributed by atoms with Crippen LogP contribution >= 0.6 is 11.6 Å². The second-order valence-electron chi connectivity index (χ2n) is 9.41. The molecule has 0 spiro atoms. The van der Waals surface area contributed by atoms with Gasteiger partial charge < -0.3 is 9.47 Å². The van der Waals surface area contributed by atoms with Gasteiger partial charge in [0.05, 0.1) is 12.3 Å². The Bertz CT molecular complexity index is 1670. The molecule has 0 aliphatic carbocycles. The van der Waals surface area contributed by atoms with Crippen molar-refractivity contribution in [3.05, 3.63) is 130 Å². The number of benzene rings is 4. The lowest BCUT2D eigenvalue weighted by Gasteiger charge is -2.26. The van der Waals surface area contributed by atoms with Crippen LogP contribution in [0.25, 0.3) is 6.08 Å². The Hall–Kier alpha value is -4.95. The van der Waals surface area contributed by atoms with Crippen molar-refractivity contribution in [1.82, 2.24) is 5.32 Å². The molecule has 4 aromatic rings. The number of carbonyl (C=O) groups excluding carboxylic acids is 3. The predicted molar refractivity (Wildman–Crippen MR) is 158 cm³/mol. The van der Waals surface area contributed by atoms with Gasteiger partial charge >= 0.3 is 6.03 Å². The zero-order valence-corrected chi connectivity index (χ0v) is 23.4.